The zero-order valence-corrected chi connectivity index (χ0v) is 19.1. The van der Waals surface area contributed by atoms with Gasteiger partial charge in [-0.1, -0.05) is 12.1 Å². The number of nitrogens with zero attached hydrogens (tertiary/aromatic N) is 3. The van der Waals surface area contributed by atoms with Crippen LogP contribution in [0.1, 0.15) is 22.5 Å². The third-order valence-electron chi connectivity index (χ3n) is 5.71. The van der Waals surface area contributed by atoms with Crippen LogP contribution in [-0.4, -0.2) is 32.3 Å². The van der Waals surface area contributed by atoms with Crippen LogP contribution in [0.15, 0.2) is 53.4 Å². The fraction of sp³-hybridized carbons (Fsp3) is 0.167. The molecular weight excluding hydrogens is 458 g/mol. The minimum atomic E-state index is -0.507. The maximum Gasteiger partial charge on any atom is 0.293 e. The summed E-state index contributed by atoms with van der Waals surface area (Å²) in [6.07, 6.45) is 1.71. The van der Waals surface area contributed by atoms with Crippen LogP contribution in [0.3, 0.4) is 0 Å². The van der Waals surface area contributed by atoms with Gasteiger partial charge in [0, 0.05) is 35.3 Å². The number of aromatic nitrogens is 1. The van der Waals surface area contributed by atoms with Crippen molar-refractivity contribution in [2.24, 2.45) is 0 Å². The van der Waals surface area contributed by atoms with E-state index in [1.54, 1.807) is 12.1 Å². The van der Waals surface area contributed by atoms with Crippen LogP contribution < -0.4 is 9.47 Å². The van der Waals surface area contributed by atoms with Gasteiger partial charge in [-0.05, 0) is 61.0 Å². The minimum absolute atomic E-state index is 0.0279. The Kier molecular flexibility index (Phi) is 5.37. The summed E-state index contributed by atoms with van der Waals surface area (Å²) in [6, 6.07) is 13.6. The smallest absolute Gasteiger partial charge is 0.293 e. The van der Waals surface area contributed by atoms with Crippen LogP contribution in [0.25, 0.3) is 11.8 Å². The summed E-state index contributed by atoms with van der Waals surface area (Å²) >= 11 is 0.861. The van der Waals surface area contributed by atoms with E-state index in [9.17, 15) is 19.7 Å². The van der Waals surface area contributed by atoms with Crippen molar-refractivity contribution in [1.29, 1.82) is 0 Å². The van der Waals surface area contributed by atoms with E-state index in [4.69, 9.17) is 9.47 Å². The summed E-state index contributed by atoms with van der Waals surface area (Å²) in [6.45, 7) is 4.07. The molecule has 2 amide bonds. The number of fused-ring (bicyclic) bond motifs is 1. The number of rotatable bonds is 5. The molecule has 34 heavy (non-hydrogen) atoms. The van der Waals surface area contributed by atoms with Crippen LogP contribution in [0.2, 0.25) is 0 Å². The molecule has 3 aromatic rings. The van der Waals surface area contributed by atoms with Gasteiger partial charge in [0.05, 0.1) is 16.4 Å². The molecule has 0 atom stereocenters. The van der Waals surface area contributed by atoms with E-state index in [1.165, 1.54) is 18.2 Å². The Morgan fingerprint density at radius 1 is 1.09 bits per heavy atom. The summed E-state index contributed by atoms with van der Waals surface area (Å²) < 4.78 is 12.9. The van der Waals surface area contributed by atoms with Crippen molar-refractivity contribution in [2.75, 3.05) is 6.79 Å². The Morgan fingerprint density at radius 2 is 1.88 bits per heavy atom. The second-order valence-corrected chi connectivity index (χ2v) is 8.89. The van der Waals surface area contributed by atoms with Crippen molar-refractivity contribution in [3.05, 3.63) is 86.1 Å². The van der Waals surface area contributed by atoms with E-state index in [0.29, 0.717) is 22.0 Å². The molecule has 1 saturated heterocycles. The Labute approximate surface area is 198 Å². The van der Waals surface area contributed by atoms with Gasteiger partial charge in [0.25, 0.3) is 16.8 Å². The summed E-state index contributed by atoms with van der Waals surface area (Å²) in [5.41, 5.74) is 4.00. The number of non-ortho nitro benzene ring substituents is 1. The van der Waals surface area contributed by atoms with Crippen molar-refractivity contribution < 1.29 is 24.0 Å². The van der Waals surface area contributed by atoms with Crippen molar-refractivity contribution in [1.82, 2.24) is 9.47 Å². The number of imide groups is 1. The van der Waals surface area contributed by atoms with Gasteiger partial charge < -0.3 is 14.0 Å². The number of ether oxygens (including phenoxy) is 2. The number of thioether (sulfide) groups is 1. The fourth-order valence-electron chi connectivity index (χ4n) is 4.08. The number of carbonyl (C=O) groups excluding carboxylic acids is 2. The molecule has 5 rings (SSSR count). The average Bonchev–Trinajstić information content (AvgIpc) is 3.46. The van der Waals surface area contributed by atoms with Crippen LogP contribution in [0.4, 0.5) is 10.5 Å². The van der Waals surface area contributed by atoms with Gasteiger partial charge in [0.2, 0.25) is 6.79 Å². The number of benzene rings is 2. The highest BCUT2D eigenvalue weighted by Gasteiger charge is 2.35. The molecule has 0 unspecified atom stereocenters. The number of aryl methyl sites for hydroxylation is 1. The number of carbonyl (C=O) groups is 2. The molecule has 0 saturated carbocycles. The monoisotopic (exact) mass is 477 g/mol. The molecule has 2 aromatic carbocycles. The number of hydrogen-bond acceptors (Lipinski definition) is 7. The second kappa shape index (κ2) is 8.38. The van der Waals surface area contributed by atoms with E-state index < -0.39 is 16.1 Å². The van der Waals surface area contributed by atoms with E-state index in [0.717, 1.165) is 39.3 Å². The molecule has 0 N–H and O–H groups in total. The number of nitro benzene ring substituents is 1. The predicted octanol–water partition coefficient (Wildman–Crippen LogP) is 4.97. The molecule has 0 aliphatic carbocycles. The zero-order chi connectivity index (χ0) is 24.0. The average molecular weight is 477 g/mol. The number of amides is 2. The van der Waals surface area contributed by atoms with E-state index >= 15 is 0 Å². The molecule has 1 fully saturated rings. The number of nitro groups is 1. The molecule has 0 spiro atoms. The molecular formula is C24H19N3O6S. The SMILES string of the molecule is Cc1cc(/C=C2\SC(=O)N(Cc3cccc([N+](=O)[O-])c3)C2=O)c(C)n1-c1ccc2c(c1)OCO2. The Morgan fingerprint density at radius 3 is 2.68 bits per heavy atom. The summed E-state index contributed by atoms with van der Waals surface area (Å²) in [7, 11) is 0. The molecule has 10 heteroatoms. The van der Waals surface area contributed by atoms with Gasteiger partial charge in [-0.15, -0.1) is 0 Å². The quantitative estimate of drug-likeness (QED) is 0.290. The van der Waals surface area contributed by atoms with Crippen molar-refractivity contribution in [3.8, 4) is 17.2 Å². The van der Waals surface area contributed by atoms with Crippen LogP contribution in [0, 0.1) is 24.0 Å². The van der Waals surface area contributed by atoms with Gasteiger partial charge in [-0.25, -0.2) is 0 Å². The lowest BCUT2D eigenvalue weighted by molar-refractivity contribution is -0.384. The van der Waals surface area contributed by atoms with Crippen LogP contribution in [0.5, 0.6) is 11.5 Å². The molecule has 172 valence electrons. The first-order chi connectivity index (χ1) is 16.3. The standard InChI is InChI=1S/C24H19N3O6S/c1-14-8-17(15(2)26(14)18-6-7-20-21(11-18)33-13-32-20)10-22-23(28)25(24(29)34-22)12-16-4-3-5-19(9-16)27(30)31/h3-11H,12-13H2,1-2H3/b22-10-. The van der Waals surface area contributed by atoms with Crippen LogP contribution >= 0.6 is 11.8 Å². The Hall–Kier alpha value is -4.05. The van der Waals surface area contributed by atoms with Crippen molar-refractivity contribution in [2.45, 2.75) is 20.4 Å². The van der Waals surface area contributed by atoms with Gasteiger partial charge in [0.15, 0.2) is 11.5 Å². The molecule has 2 aliphatic heterocycles. The Bertz CT molecular complexity index is 1390. The topological polar surface area (TPSA) is 104 Å². The highest BCUT2D eigenvalue weighted by atomic mass is 32.2. The first-order valence-corrected chi connectivity index (χ1v) is 11.2. The molecule has 9 nitrogen and oxygen atoms in total. The molecule has 0 radical (unpaired) electrons. The van der Waals surface area contributed by atoms with E-state index in [1.807, 2.05) is 42.7 Å². The predicted molar refractivity (Wildman–Crippen MR) is 126 cm³/mol. The Balaban J connectivity index is 1.42. The fourth-order valence-corrected chi connectivity index (χ4v) is 4.91. The lowest BCUT2D eigenvalue weighted by Crippen LogP contribution is -2.27. The summed E-state index contributed by atoms with van der Waals surface area (Å²) in [5, 5.41) is 10.6. The van der Waals surface area contributed by atoms with Gasteiger partial charge in [-0.3, -0.25) is 24.6 Å². The maximum atomic E-state index is 13.0. The van der Waals surface area contributed by atoms with Gasteiger partial charge in [0.1, 0.15) is 0 Å². The van der Waals surface area contributed by atoms with E-state index in [2.05, 4.69) is 0 Å². The van der Waals surface area contributed by atoms with Gasteiger partial charge in [-0.2, -0.15) is 0 Å². The van der Waals surface area contributed by atoms with Crippen molar-refractivity contribution >= 4 is 34.7 Å². The largest absolute Gasteiger partial charge is 0.454 e. The maximum absolute atomic E-state index is 13.0. The number of hydrogen-bond donors (Lipinski definition) is 0. The summed E-state index contributed by atoms with van der Waals surface area (Å²) in [5.74, 6) is 0.951. The second-order valence-electron chi connectivity index (χ2n) is 7.89. The molecule has 2 aliphatic rings. The highest BCUT2D eigenvalue weighted by molar-refractivity contribution is 8.18. The normalized spacial score (nSPS) is 16.1. The molecule has 3 heterocycles. The van der Waals surface area contributed by atoms with Crippen LogP contribution in [-0.2, 0) is 11.3 Å². The first kappa shape index (κ1) is 21.8. The molecule has 0 bridgehead atoms. The van der Waals surface area contributed by atoms with E-state index in [-0.39, 0.29) is 19.0 Å². The highest BCUT2D eigenvalue weighted by Crippen LogP contribution is 2.37. The minimum Gasteiger partial charge on any atom is -0.454 e. The zero-order valence-electron chi connectivity index (χ0n) is 18.3. The third kappa shape index (κ3) is 3.81. The van der Waals surface area contributed by atoms with Crippen molar-refractivity contribution in [3.63, 3.8) is 0 Å². The lowest BCUT2D eigenvalue weighted by atomic mass is 10.2. The summed E-state index contributed by atoms with van der Waals surface area (Å²) in [4.78, 5) is 37.5. The van der Waals surface area contributed by atoms with Gasteiger partial charge >= 0.3 is 0 Å². The third-order valence-corrected chi connectivity index (χ3v) is 6.61. The lowest BCUT2D eigenvalue weighted by Gasteiger charge is -2.12. The molecule has 1 aromatic heterocycles. The first-order valence-electron chi connectivity index (χ1n) is 10.4.